The zero-order chi connectivity index (χ0) is 36.4. The Morgan fingerprint density at radius 1 is 0.460 bits per heavy atom. The number of carbonyl (C=O) groups excluding carboxylic acids is 2. The van der Waals surface area contributed by atoms with Gasteiger partial charge in [-0.15, -0.1) is 0 Å². The lowest BCUT2D eigenvalue weighted by atomic mass is 10.1. The molecular formula is C45H68O5. The highest BCUT2D eigenvalue weighted by Gasteiger charge is 2.15. The number of carbonyl (C=O) groups is 2. The predicted molar refractivity (Wildman–Crippen MR) is 214 cm³/mol. The lowest BCUT2D eigenvalue weighted by Crippen LogP contribution is -2.28. The van der Waals surface area contributed by atoms with E-state index >= 15 is 0 Å². The molecule has 0 rings (SSSR count). The van der Waals surface area contributed by atoms with E-state index in [2.05, 4.69) is 123 Å². The number of rotatable bonds is 32. The maximum atomic E-state index is 12.1. The fraction of sp³-hybridized carbons (Fsp3) is 0.511. The largest absolute Gasteiger partial charge is 0.462 e. The normalized spacial score (nSPS) is 13.6. The van der Waals surface area contributed by atoms with Crippen LogP contribution < -0.4 is 0 Å². The van der Waals surface area contributed by atoms with Crippen LogP contribution in [0.4, 0.5) is 0 Å². The van der Waals surface area contributed by atoms with Crippen LogP contribution in [-0.2, 0) is 19.1 Å². The number of hydrogen-bond acceptors (Lipinski definition) is 5. The van der Waals surface area contributed by atoms with Crippen molar-refractivity contribution in [2.75, 3.05) is 13.2 Å². The van der Waals surface area contributed by atoms with Crippen LogP contribution in [-0.4, -0.2) is 36.4 Å². The van der Waals surface area contributed by atoms with E-state index in [1.165, 1.54) is 0 Å². The third kappa shape index (κ3) is 37.1. The molecule has 0 aromatic heterocycles. The summed E-state index contributed by atoms with van der Waals surface area (Å²) < 4.78 is 10.5. The van der Waals surface area contributed by atoms with Gasteiger partial charge in [-0.05, 0) is 89.9 Å². The van der Waals surface area contributed by atoms with Gasteiger partial charge in [0, 0.05) is 12.8 Å². The van der Waals surface area contributed by atoms with Crippen LogP contribution in [0.25, 0.3) is 0 Å². The summed E-state index contributed by atoms with van der Waals surface area (Å²) in [6.45, 7) is 3.79. The van der Waals surface area contributed by atoms with E-state index in [0.717, 1.165) is 96.3 Å². The number of allylic oxidation sites excluding steroid dienone is 20. The first-order valence-electron chi connectivity index (χ1n) is 19.1. The third-order valence-electron chi connectivity index (χ3n) is 7.26. The molecule has 0 bridgehead atoms. The van der Waals surface area contributed by atoms with Gasteiger partial charge < -0.3 is 14.6 Å². The van der Waals surface area contributed by atoms with Gasteiger partial charge in [0.15, 0.2) is 6.10 Å². The summed E-state index contributed by atoms with van der Waals surface area (Å²) in [7, 11) is 0. The Morgan fingerprint density at radius 3 is 1.26 bits per heavy atom. The molecule has 0 unspecified atom stereocenters. The Hall–Kier alpha value is -3.70. The molecule has 0 spiro atoms. The summed E-state index contributed by atoms with van der Waals surface area (Å²) in [6.07, 6.45) is 58.3. The molecular weight excluding hydrogens is 620 g/mol. The first-order chi connectivity index (χ1) is 24.6. The van der Waals surface area contributed by atoms with E-state index in [4.69, 9.17) is 9.47 Å². The topological polar surface area (TPSA) is 72.8 Å². The molecule has 1 N–H and O–H groups in total. The standard InChI is InChI=1S/C45H68O5/c1-3-5-7-9-11-13-15-17-19-21-22-24-26-28-30-32-34-36-38-40-45(48)50-43(41-46)42-49-44(47)39-37-35-33-31-29-27-25-23-20-18-16-14-12-10-8-6-4-2/h5-8,11-14,17-20,22,24-25,27-28,30,34,36,43,46H,3-4,9-10,15-16,21,23,26,29,31-33,35,37-42H2,1-2H3/b7-5-,8-6-,13-11-,14-12-,19-17-,20-18-,24-22-,27-25-,30-28-,36-34-/t43-/m0/s1. The van der Waals surface area contributed by atoms with Crippen LogP contribution in [0.1, 0.15) is 129 Å². The molecule has 0 aliphatic rings. The Balaban J connectivity index is 3.80. The van der Waals surface area contributed by atoms with Crippen LogP contribution in [0.2, 0.25) is 0 Å². The molecule has 5 nitrogen and oxygen atoms in total. The minimum Gasteiger partial charge on any atom is -0.462 e. The fourth-order valence-electron chi connectivity index (χ4n) is 4.45. The second kappa shape index (κ2) is 39.7. The molecule has 0 aliphatic carbocycles. The maximum Gasteiger partial charge on any atom is 0.306 e. The van der Waals surface area contributed by atoms with Gasteiger partial charge in [0.1, 0.15) is 6.61 Å². The number of ether oxygens (including phenoxy) is 2. The molecule has 0 aliphatic heterocycles. The van der Waals surface area contributed by atoms with Crippen molar-refractivity contribution in [2.45, 2.75) is 136 Å². The SMILES string of the molecule is CC/C=C\C/C=C\C/C=C\C/C=C\C/C=C\C/C=C\CCC(=O)O[C@@H](CO)COC(=O)CCCCCC/C=C\C/C=C\C/C=C\C/C=C\CC. The molecule has 0 radical (unpaired) electrons. The number of aliphatic hydroxyl groups is 1. The van der Waals surface area contributed by atoms with E-state index in [0.29, 0.717) is 12.8 Å². The van der Waals surface area contributed by atoms with Crippen LogP contribution in [0.5, 0.6) is 0 Å². The molecule has 278 valence electrons. The first kappa shape index (κ1) is 46.3. The van der Waals surface area contributed by atoms with E-state index in [1.807, 2.05) is 12.2 Å². The van der Waals surface area contributed by atoms with Crippen molar-refractivity contribution in [3.63, 3.8) is 0 Å². The summed E-state index contributed by atoms with van der Waals surface area (Å²) in [4.78, 5) is 24.2. The molecule has 0 heterocycles. The molecule has 1 atom stereocenters. The maximum absolute atomic E-state index is 12.1. The van der Waals surface area contributed by atoms with Gasteiger partial charge in [0.05, 0.1) is 6.61 Å². The van der Waals surface area contributed by atoms with Gasteiger partial charge in [-0.1, -0.05) is 148 Å². The molecule has 0 aromatic rings. The van der Waals surface area contributed by atoms with Gasteiger partial charge in [-0.25, -0.2) is 0 Å². The second-order valence-electron chi connectivity index (χ2n) is 11.9. The van der Waals surface area contributed by atoms with E-state index in [-0.39, 0.29) is 25.6 Å². The van der Waals surface area contributed by atoms with Crippen molar-refractivity contribution >= 4 is 11.9 Å². The highest BCUT2D eigenvalue weighted by atomic mass is 16.6. The molecule has 50 heavy (non-hydrogen) atoms. The lowest BCUT2D eigenvalue weighted by molar-refractivity contribution is -0.161. The highest BCUT2D eigenvalue weighted by Crippen LogP contribution is 2.08. The van der Waals surface area contributed by atoms with Crippen LogP contribution >= 0.6 is 0 Å². The van der Waals surface area contributed by atoms with E-state index in [9.17, 15) is 14.7 Å². The zero-order valence-corrected chi connectivity index (χ0v) is 31.3. The van der Waals surface area contributed by atoms with Crippen molar-refractivity contribution < 1.29 is 24.2 Å². The first-order valence-corrected chi connectivity index (χ1v) is 19.1. The lowest BCUT2D eigenvalue weighted by Gasteiger charge is -2.15. The Labute approximate surface area is 305 Å². The predicted octanol–water partition coefficient (Wildman–Crippen LogP) is 12.1. The summed E-state index contributed by atoms with van der Waals surface area (Å²) >= 11 is 0. The third-order valence-corrected chi connectivity index (χ3v) is 7.26. The van der Waals surface area contributed by atoms with Crippen LogP contribution in [0, 0.1) is 0 Å². The molecule has 0 saturated carbocycles. The average Bonchev–Trinajstić information content (AvgIpc) is 3.12. The Morgan fingerprint density at radius 2 is 0.840 bits per heavy atom. The number of esters is 2. The molecule has 5 heteroatoms. The molecule has 0 amide bonds. The molecule has 0 aromatic carbocycles. The minimum atomic E-state index is -0.831. The van der Waals surface area contributed by atoms with E-state index < -0.39 is 12.1 Å². The highest BCUT2D eigenvalue weighted by molar-refractivity contribution is 5.70. The van der Waals surface area contributed by atoms with Crippen LogP contribution in [0.15, 0.2) is 122 Å². The van der Waals surface area contributed by atoms with Gasteiger partial charge in [-0.2, -0.15) is 0 Å². The number of hydrogen-bond donors (Lipinski definition) is 1. The smallest absolute Gasteiger partial charge is 0.306 e. The second-order valence-corrected chi connectivity index (χ2v) is 11.9. The van der Waals surface area contributed by atoms with Crippen molar-refractivity contribution in [3.05, 3.63) is 122 Å². The fourth-order valence-corrected chi connectivity index (χ4v) is 4.45. The molecule has 0 saturated heterocycles. The average molecular weight is 689 g/mol. The van der Waals surface area contributed by atoms with Gasteiger partial charge in [0.25, 0.3) is 0 Å². The number of unbranched alkanes of at least 4 members (excludes halogenated alkanes) is 4. The molecule has 0 fully saturated rings. The summed E-state index contributed by atoms with van der Waals surface area (Å²) in [5, 5.41) is 9.54. The monoisotopic (exact) mass is 689 g/mol. The van der Waals surface area contributed by atoms with Crippen molar-refractivity contribution in [2.24, 2.45) is 0 Å². The van der Waals surface area contributed by atoms with Crippen LogP contribution in [0.3, 0.4) is 0 Å². The van der Waals surface area contributed by atoms with Crippen molar-refractivity contribution in [3.8, 4) is 0 Å². The van der Waals surface area contributed by atoms with Gasteiger partial charge >= 0.3 is 11.9 Å². The minimum absolute atomic E-state index is 0.118. The van der Waals surface area contributed by atoms with Crippen molar-refractivity contribution in [1.82, 2.24) is 0 Å². The summed E-state index contributed by atoms with van der Waals surface area (Å²) in [5.41, 5.74) is 0. The summed E-state index contributed by atoms with van der Waals surface area (Å²) in [5.74, 6) is -0.732. The van der Waals surface area contributed by atoms with Gasteiger partial charge in [0.2, 0.25) is 0 Å². The Bertz CT molecular complexity index is 1100. The van der Waals surface area contributed by atoms with Gasteiger partial charge in [-0.3, -0.25) is 9.59 Å². The summed E-state index contributed by atoms with van der Waals surface area (Å²) in [6, 6.07) is 0. The van der Waals surface area contributed by atoms with Crippen molar-refractivity contribution in [1.29, 1.82) is 0 Å². The van der Waals surface area contributed by atoms with E-state index in [1.54, 1.807) is 0 Å². The quantitative estimate of drug-likeness (QED) is 0.0433. The number of aliphatic hydroxyl groups excluding tert-OH is 1. The Kier molecular flexibility index (Phi) is 36.8. The zero-order valence-electron chi connectivity index (χ0n) is 31.3.